The predicted octanol–water partition coefficient (Wildman–Crippen LogP) is 2.84. The molecule has 6 heteroatoms. The van der Waals surface area contributed by atoms with Crippen molar-refractivity contribution >= 4 is 44.7 Å². The van der Waals surface area contributed by atoms with E-state index < -0.39 is 0 Å². The maximum absolute atomic E-state index is 11.8. The highest BCUT2D eigenvalue weighted by molar-refractivity contribution is 9.10. The zero-order chi connectivity index (χ0) is 14.3. The van der Waals surface area contributed by atoms with Crippen molar-refractivity contribution in [1.29, 1.82) is 0 Å². The van der Waals surface area contributed by atoms with Gasteiger partial charge in [-0.2, -0.15) is 0 Å². The molecule has 0 aliphatic heterocycles. The van der Waals surface area contributed by atoms with Crippen LogP contribution in [0.3, 0.4) is 0 Å². The summed E-state index contributed by atoms with van der Waals surface area (Å²) in [4.78, 5) is 12.0. The molecule has 3 N–H and O–H groups in total. The summed E-state index contributed by atoms with van der Waals surface area (Å²) < 4.78 is 6.12. The van der Waals surface area contributed by atoms with Gasteiger partial charge in [0.15, 0.2) is 0 Å². The third kappa shape index (κ3) is 5.67. The Morgan fingerprint density at radius 2 is 2.21 bits per heavy atom. The molecule has 0 heterocycles. The third-order valence-corrected chi connectivity index (χ3v) is 3.06. The van der Waals surface area contributed by atoms with Gasteiger partial charge in [-0.1, -0.05) is 35.1 Å². The second-order valence-corrected chi connectivity index (χ2v) is 5.32. The molecule has 0 bridgehead atoms. The van der Waals surface area contributed by atoms with E-state index in [0.29, 0.717) is 30.9 Å². The number of benzene rings is 1. The van der Waals surface area contributed by atoms with Crippen LogP contribution >= 0.6 is 28.1 Å². The van der Waals surface area contributed by atoms with Crippen molar-refractivity contribution in [2.75, 3.05) is 18.5 Å². The van der Waals surface area contributed by atoms with Gasteiger partial charge < -0.3 is 15.8 Å². The number of anilines is 1. The van der Waals surface area contributed by atoms with E-state index in [9.17, 15) is 4.79 Å². The Kier molecular flexibility index (Phi) is 6.97. The maximum atomic E-state index is 11.8. The number of carbonyl (C=O) groups excluding carboxylic acids is 1. The van der Waals surface area contributed by atoms with Crippen LogP contribution in [0.4, 0.5) is 5.69 Å². The zero-order valence-corrected chi connectivity index (χ0v) is 13.1. The van der Waals surface area contributed by atoms with Crippen molar-refractivity contribution in [3.05, 3.63) is 28.2 Å². The molecule has 0 radical (unpaired) electrons. The maximum Gasteiger partial charge on any atom is 0.226 e. The van der Waals surface area contributed by atoms with Crippen molar-refractivity contribution in [2.24, 2.45) is 5.73 Å². The Morgan fingerprint density at radius 1 is 1.47 bits per heavy atom. The summed E-state index contributed by atoms with van der Waals surface area (Å²) in [6.07, 6.45) is 1.25. The summed E-state index contributed by atoms with van der Waals surface area (Å²) in [5.41, 5.74) is 6.89. The molecule has 0 unspecified atom stereocenters. The highest BCUT2D eigenvalue weighted by Crippen LogP contribution is 2.21. The van der Waals surface area contributed by atoms with Crippen LogP contribution in [-0.2, 0) is 9.53 Å². The minimum atomic E-state index is -0.119. The minimum Gasteiger partial charge on any atom is -0.389 e. The first-order chi connectivity index (χ1) is 9.04. The summed E-state index contributed by atoms with van der Waals surface area (Å²) in [5, 5.41) is 2.79. The monoisotopic (exact) mass is 344 g/mol. The van der Waals surface area contributed by atoms with Crippen molar-refractivity contribution < 1.29 is 9.53 Å². The van der Waals surface area contributed by atoms with Crippen LogP contribution in [0.2, 0.25) is 0 Å². The fraction of sp³-hybridized carbons (Fsp3) is 0.385. The van der Waals surface area contributed by atoms with Gasteiger partial charge >= 0.3 is 0 Å². The molecule has 0 aliphatic rings. The third-order valence-electron chi connectivity index (χ3n) is 2.34. The van der Waals surface area contributed by atoms with Crippen molar-refractivity contribution in [1.82, 2.24) is 0 Å². The largest absolute Gasteiger partial charge is 0.389 e. The van der Waals surface area contributed by atoms with E-state index in [1.807, 2.05) is 13.0 Å². The molecule has 0 saturated carbocycles. The van der Waals surface area contributed by atoms with Crippen molar-refractivity contribution in [2.45, 2.75) is 19.8 Å². The molecule has 0 atom stereocenters. The summed E-state index contributed by atoms with van der Waals surface area (Å²) in [6.45, 7) is 3.11. The molecule has 0 aromatic heterocycles. The number of nitrogens with one attached hydrogen (secondary N) is 1. The molecule has 1 amide bonds. The van der Waals surface area contributed by atoms with E-state index in [-0.39, 0.29) is 10.9 Å². The number of amides is 1. The first-order valence-electron chi connectivity index (χ1n) is 6.01. The topological polar surface area (TPSA) is 64.3 Å². The molecule has 1 aromatic carbocycles. The van der Waals surface area contributed by atoms with Crippen molar-refractivity contribution in [3.63, 3.8) is 0 Å². The van der Waals surface area contributed by atoms with Crippen LogP contribution in [-0.4, -0.2) is 24.1 Å². The quantitative estimate of drug-likeness (QED) is 0.589. The second-order valence-electron chi connectivity index (χ2n) is 3.96. The van der Waals surface area contributed by atoms with Gasteiger partial charge in [-0.3, -0.25) is 4.79 Å². The lowest BCUT2D eigenvalue weighted by Crippen LogP contribution is -2.18. The lowest BCUT2D eigenvalue weighted by Gasteiger charge is -2.11. The number of halogens is 1. The Balaban J connectivity index is 2.62. The molecule has 19 heavy (non-hydrogen) atoms. The molecule has 1 rings (SSSR count). The van der Waals surface area contributed by atoms with Gasteiger partial charge in [0, 0.05) is 16.6 Å². The Hall–Kier alpha value is -0.980. The number of ether oxygens (including phenoxy) is 1. The van der Waals surface area contributed by atoms with Gasteiger partial charge in [0.1, 0.15) is 4.99 Å². The number of rotatable bonds is 7. The fourth-order valence-electron chi connectivity index (χ4n) is 1.46. The van der Waals surface area contributed by atoms with Gasteiger partial charge in [-0.05, 0) is 24.6 Å². The lowest BCUT2D eigenvalue weighted by molar-refractivity contribution is -0.117. The number of thiocarbonyl (C=S) groups is 1. The smallest absolute Gasteiger partial charge is 0.226 e. The number of hydrogen-bond acceptors (Lipinski definition) is 3. The highest BCUT2D eigenvalue weighted by atomic mass is 79.9. The Bertz CT molecular complexity index is 466. The first kappa shape index (κ1) is 16.1. The van der Waals surface area contributed by atoms with Crippen LogP contribution in [0.15, 0.2) is 22.7 Å². The van der Waals surface area contributed by atoms with Crippen LogP contribution < -0.4 is 11.1 Å². The van der Waals surface area contributed by atoms with Gasteiger partial charge in [-0.15, -0.1) is 0 Å². The van der Waals surface area contributed by atoms with Gasteiger partial charge in [0.2, 0.25) is 5.91 Å². The standard InChI is InChI=1S/C13H17BrN2O2S/c1-2-6-18-7-5-12(17)16-11-8-9(14)3-4-10(11)13(15)19/h3-4,8H,2,5-7H2,1H3,(H2,15,19)(H,16,17). The summed E-state index contributed by atoms with van der Waals surface area (Å²) >= 11 is 8.30. The van der Waals surface area contributed by atoms with E-state index in [2.05, 4.69) is 21.2 Å². The molecule has 0 spiro atoms. The van der Waals surface area contributed by atoms with Crippen LogP contribution in [0, 0.1) is 0 Å². The van der Waals surface area contributed by atoms with Gasteiger partial charge in [0.05, 0.1) is 18.7 Å². The Morgan fingerprint density at radius 3 is 2.84 bits per heavy atom. The van der Waals surface area contributed by atoms with Crippen molar-refractivity contribution in [3.8, 4) is 0 Å². The van der Waals surface area contributed by atoms with E-state index in [0.717, 1.165) is 10.9 Å². The van der Waals surface area contributed by atoms with Gasteiger partial charge in [0.25, 0.3) is 0 Å². The molecule has 0 fully saturated rings. The number of carbonyl (C=O) groups is 1. The van der Waals surface area contributed by atoms with E-state index in [4.69, 9.17) is 22.7 Å². The molecular weight excluding hydrogens is 328 g/mol. The van der Waals surface area contributed by atoms with E-state index in [1.165, 1.54) is 0 Å². The van der Waals surface area contributed by atoms with E-state index >= 15 is 0 Å². The van der Waals surface area contributed by atoms with Gasteiger partial charge in [-0.25, -0.2) is 0 Å². The zero-order valence-electron chi connectivity index (χ0n) is 10.7. The normalized spacial score (nSPS) is 10.2. The number of hydrogen-bond donors (Lipinski definition) is 2. The number of nitrogens with two attached hydrogens (primary N) is 1. The SMILES string of the molecule is CCCOCCC(=O)Nc1cc(Br)ccc1C(N)=S. The first-order valence-corrected chi connectivity index (χ1v) is 7.21. The molecular formula is C13H17BrN2O2S. The molecule has 0 saturated heterocycles. The van der Waals surface area contributed by atoms with E-state index in [1.54, 1.807) is 12.1 Å². The molecule has 104 valence electrons. The fourth-order valence-corrected chi connectivity index (χ4v) is 2.00. The minimum absolute atomic E-state index is 0.119. The predicted molar refractivity (Wildman–Crippen MR) is 84.4 cm³/mol. The summed E-state index contributed by atoms with van der Waals surface area (Å²) in [7, 11) is 0. The molecule has 0 aliphatic carbocycles. The summed E-state index contributed by atoms with van der Waals surface area (Å²) in [6, 6.07) is 5.38. The molecule has 1 aromatic rings. The van der Waals surface area contributed by atoms with Crippen LogP contribution in [0.25, 0.3) is 0 Å². The second kappa shape index (κ2) is 8.24. The van der Waals surface area contributed by atoms with Crippen LogP contribution in [0.1, 0.15) is 25.3 Å². The van der Waals surface area contributed by atoms with Crippen LogP contribution in [0.5, 0.6) is 0 Å². The molecule has 4 nitrogen and oxygen atoms in total. The average molecular weight is 345 g/mol. The average Bonchev–Trinajstić information content (AvgIpc) is 2.34. The lowest BCUT2D eigenvalue weighted by atomic mass is 10.1. The highest BCUT2D eigenvalue weighted by Gasteiger charge is 2.09. The Labute approximate surface area is 126 Å². The summed E-state index contributed by atoms with van der Waals surface area (Å²) in [5.74, 6) is -0.119.